The van der Waals surface area contributed by atoms with Gasteiger partial charge in [-0.25, -0.2) is 13.5 Å². The summed E-state index contributed by atoms with van der Waals surface area (Å²) in [4.78, 5) is 27.8. The molecule has 2 heterocycles. The van der Waals surface area contributed by atoms with E-state index in [1.54, 1.807) is 0 Å². The minimum atomic E-state index is -0.898. The van der Waals surface area contributed by atoms with Gasteiger partial charge in [0.05, 0.1) is 11.9 Å². The fourth-order valence-electron chi connectivity index (χ4n) is 2.97. The molecule has 6 nitrogen and oxygen atoms in total. The Morgan fingerprint density at radius 3 is 2.78 bits per heavy atom. The number of carbonyl (C=O) groups is 1. The highest BCUT2D eigenvalue weighted by Crippen LogP contribution is 2.23. The van der Waals surface area contributed by atoms with Crippen molar-refractivity contribution in [1.82, 2.24) is 14.8 Å². The lowest BCUT2D eigenvalue weighted by Crippen LogP contribution is -2.29. The van der Waals surface area contributed by atoms with Crippen molar-refractivity contribution >= 4 is 33.4 Å². The molecule has 0 aliphatic heterocycles. The van der Waals surface area contributed by atoms with Crippen molar-refractivity contribution < 1.29 is 13.6 Å². The van der Waals surface area contributed by atoms with Gasteiger partial charge in [0.1, 0.15) is 23.7 Å². The SMILES string of the molecule is Cc1ccc2[nH]c3c(=O)n(CC(=O)Nc4ccc(F)cc4F)ncc3c2c1. The zero-order chi connectivity index (χ0) is 19.1. The summed E-state index contributed by atoms with van der Waals surface area (Å²) in [6.45, 7) is 1.55. The van der Waals surface area contributed by atoms with Gasteiger partial charge in [0.15, 0.2) is 0 Å². The molecular formula is C19H14F2N4O2. The second-order valence-corrected chi connectivity index (χ2v) is 6.24. The summed E-state index contributed by atoms with van der Waals surface area (Å²) in [6.07, 6.45) is 1.51. The maximum Gasteiger partial charge on any atom is 0.291 e. The van der Waals surface area contributed by atoms with Crippen molar-refractivity contribution in [3.63, 3.8) is 0 Å². The van der Waals surface area contributed by atoms with Crippen molar-refractivity contribution in [2.24, 2.45) is 0 Å². The largest absolute Gasteiger partial charge is 0.350 e. The Labute approximate surface area is 151 Å². The molecule has 0 aliphatic rings. The highest BCUT2D eigenvalue weighted by molar-refractivity contribution is 6.06. The topological polar surface area (TPSA) is 79.8 Å². The smallest absolute Gasteiger partial charge is 0.291 e. The number of H-pyrrole nitrogens is 1. The van der Waals surface area contributed by atoms with Crippen LogP contribution in [0.2, 0.25) is 0 Å². The first-order chi connectivity index (χ1) is 12.9. The van der Waals surface area contributed by atoms with Gasteiger partial charge in [0, 0.05) is 22.4 Å². The highest BCUT2D eigenvalue weighted by Gasteiger charge is 2.14. The predicted octanol–water partition coefficient (Wildman–Crippen LogP) is 3.10. The fourth-order valence-corrected chi connectivity index (χ4v) is 2.97. The average Bonchev–Trinajstić information content (AvgIpc) is 2.98. The number of benzene rings is 2. The molecule has 2 N–H and O–H groups in total. The Balaban J connectivity index is 1.65. The van der Waals surface area contributed by atoms with Gasteiger partial charge in [-0.15, -0.1) is 0 Å². The predicted molar refractivity (Wildman–Crippen MR) is 97.6 cm³/mol. The van der Waals surface area contributed by atoms with E-state index in [0.717, 1.165) is 33.3 Å². The summed E-state index contributed by atoms with van der Waals surface area (Å²) < 4.78 is 27.6. The van der Waals surface area contributed by atoms with E-state index in [-0.39, 0.29) is 5.69 Å². The van der Waals surface area contributed by atoms with Gasteiger partial charge in [0.25, 0.3) is 5.56 Å². The first-order valence-electron chi connectivity index (χ1n) is 8.15. The number of nitrogens with one attached hydrogen (secondary N) is 2. The van der Waals surface area contributed by atoms with Crippen LogP contribution in [0, 0.1) is 18.6 Å². The van der Waals surface area contributed by atoms with E-state index in [1.165, 1.54) is 6.20 Å². The zero-order valence-electron chi connectivity index (χ0n) is 14.2. The number of amides is 1. The van der Waals surface area contributed by atoms with E-state index in [0.29, 0.717) is 17.0 Å². The lowest BCUT2D eigenvalue weighted by molar-refractivity contribution is -0.117. The Morgan fingerprint density at radius 2 is 2.00 bits per heavy atom. The Kier molecular flexibility index (Phi) is 3.95. The van der Waals surface area contributed by atoms with Crippen LogP contribution in [0.5, 0.6) is 0 Å². The lowest BCUT2D eigenvalue weighted by Gasteiger charge is -2.07. The van der Waals surface area contributed by atoms with Crippen molar-refractivity contribution in [3.05, 3.63) is 70.1 Å². The third-order valence-electron chi connectivity index (χ3n) is 4.27. The molecule has 0 saturated heterocycles. The van der Waals surface area contributed by atoms with Gasteiger partial charge in [0.2, 0.25) is 5.91 Å². The van der Waals surface area contributed by atoms with Crippen molar-refractivity contribution in [1.29, 1.82) is 0 Å². The number of rotatable bonds is 3. The number of aryl methyl sites for hydroxylation is 1. The quantitative estimate of drug-likeness (QED) is 0.583. The first-order valence-corrected chi connectivity index (χ1v) is 8.15. The molecule has 4 rings (SSSR count). The molecule has 0 atom stereocenters. The van der Waals surface area contributed by atoms with Crippen LogP contribution < -0.4 is 10.9 Å². The molecule has 0 unspecified atom stereocenters. The fraction of sp³-hybridized carbons (Fsp3) is 0.105. The molecule has 0 aliphatic carbocycles. The van der Waals surface area contributed by atoms with Crippen LogP contribution in [0.4, 0.5) is 14.5 Å². The van der Waals surface area contributed by atoms with Crippen molar-refractivity contribution in [3.8, 4) is 0 Å². The second kappa shape index (κ2) is 6.31. The first kappa shape index (κ1) is 16.9. The van der Waals surface area contributed by atoms with Gasteiger partial charge in [-0.05, 0) is 31.2 Å². The lowest BCUT2D eigenvalue weighted by atomic mass is 10.1. The summed E-state index contributed by atoms with van der Waals surface area (Å²) in [7, 11) is 0. The van der Waals surface area contributed by atoms with E-state index in [2.05, 4.69) is 15.4 Å². The van der Waals surface area contributed by atoms with Gasteiger partial charge in [-0.2, -0.15) is 5.10 Å². The van der Waals surface area contributed by atoms with Gasteiger partial charge >= 0.3 is 0 Å². The number of carbonyl (C=O) groups excluding carboxylic acids is 1. The summed E-state index contributed by atoms with van der Waals surface area (Å²) >= 11 is 0. The molecular weight excluding hydrogens is 354 g/mol. The monoisotopic (exact) mass is 368 g/mol. The van der Waals surface area contributed by atoms with Gasteiger partial charge < -0.3 is 10.3 Å². The molecule has 0 spiro atoms. The van der Waals surface area contributed by atoms with Crippen LogP contribution in [0.1, 0.15) is 5.56 Å². The number of nitrogens with zero attached hydrogens (tertiary/aromatic N) is 2. The summed E-state index contributed by atoms with van der Waals surface area (Å²) in [6, 6.07) is 8.55. The summed E-state index contributed by atoms with van der Waals surface area (Å²) in [5.41, 5.74) is 1.55. The maximum atomic E-state index is 13.6. The maximum absolute atomic E-state index is 13.6. The molecule has 8 heteroatoms. The number of aromatic amines is 1. The van der Waals surface area contributed by atoms with Crippen molar-refractivity contribution in [2.75, 3.05) is 5.32 Å². The Morgan fingerprint density at radius 1 is 1.19 bits per heavy atom. The molecule has 27 heavy (non-hydrogen) atoms. The molecule has 0 fully saturated rings. The molecule has 4 aromatic rings. The molecule has 1 amide bonds. The highest BCUT2D eigenvalue weighted by atomic mass is 19.1. The van der Waals surface area contributed by atoms with E-state index in [1.807, 2.05) is 25.1 Å². The minimum absolute atomic E-state index is 0.170. The van der Waals surface area contributed by atoms with Crippen LogP contribution >= 0.6 is 0 Å². The Hall–Kier alpha value is -3.55. The average molecular weight is 368 g/mol. The van der Waals surface area contributed by atoms with E-state index >= 15 is 0 Å². The van der Waals surface area contributed by atoms with Crippen LogP contribution in [0.25, 0.3) is 21.8 Å². The van der Waals surface area contributed by atoms with Crippen molar-refractivity contribution in [2.45, 2.75) is 13.5 Å². The molecule has 2 aromatic heterocycles. The second-order valence-electron chi connectivity index (χ2n) is 6.24. The van der Waals surface area contributed by atoms with E-state index in [4.69, 9.17) is 0 Å². The molecule has 2 aromatic carbocycles. The third kappa shape index (κ3) is 3.05. The number of hydrogen-bond donors (Lipinski definition) is 2. The molecule has 0 radical (unpaired) electrons. The number of aromatic nitrogens is 3. The number of halogens is 2. The van der Waals surface area contributed by atoms with Crippen LogP contribution in [0.15, 0.2) is 47.4 Å². The van der Waals surface area contributed by atoms with E-state index < -0.39 is 29.6 Å². The molecule has 0 bridgehead atoms. The minimum Gasteiger partial charge on any atom is -0.350 e. The van der Waals surface area contributed by atoms with Crippen LogP contribution in [-0.2, 0) is 11.3 Å². The zero-order valence-corrected chi connectivity index (χ0v) is 14.2. The number of anilines is 1. The van der Waals surface area contributed by atoms with E-state index in [9.17, 15) is 18.4 Å². The third-order valence-corrected chi connectivity index (χ3v) is 4.27. The van der Waals surface area contributed by atoms with Crippen LogP contribution in [0.3, 0.4) is 0 Å². The molecule has 136 valence electrons. The number of hydrogen-bond acceptors (Lipinski definition) is 3. The summed E-state index contributed by atoms with van der Waals surface area (Å²) in [5, 5.41) is 7.89. The number of fused-ring (bicyclic) bond motifs is 3. The molecule has 0 saturated carbocycles. The van der Waals surface area contributed by atoms with Crippen LogP contribution in [-0.4, -0.2) is 20.7 Å². The standard InChI is InChI=1S/C19H14F2N4O2/c1-10-2-4-15-12(6-10)13-8-22-25(19(27)18(13)24-15)9-17(26)23-16-5-3-11(20)7-14(16)21/h2-8,24H,9H2,1H3,(H,23,26). The summed E-state index contributed by atoms with van der Waals surface area (Å²) in [5.74, 6) is -2.30. The normalized spacial score (nSPS) is 11.2. The van der Waals surface area contributed by atoms with Gasteiger partial charge in [-0.3, -0.25) is 9.59 Å². The van der Waals surface area contributed by atoms with Gasteiger partial charge in [-0.1, -0.05) is 11.6 Å². The Bertz CT molecular complexity index is 1260.